The van der Waals surface area contributed by atoms with Crippen molar-refractivity contribution in [1.29, 1.82) is 0 Å². The van der Waals surface area contributed by atoms with Crippen LogP contribution in [0.2, 0.25) is 0 Å². The minimum atomic E-state index is -3.68. The summed E-state index contributed by atoms with van der Waals surface area (Å²) in [5.41, 5.74) is 11.8. The molecule has 0 amide bonds. The number of nitrogens with two attached hydrogens (primary N) is 2. The highest BCUT2D eigenvalue weighted by Gasteiger charge is 2.29. The van der Waals surface area contributed by atoms with Crippen LogP contribution in [-0.4, -0.2) is 36.9 Å². The molecule has 1 heterocycles. The lowest BCUT2D eigenvalue weighted by molar-refractivity contribution is 0.536. The number of guanidine groups is 1. The quantitative estimate of drug-likeness (QED) is 0.516. The average molecular weight is 339 g/mol. The number of sulfonamides is 1. The van der Waals surface area contributed by atoms with E-state index in [1.165, 1.54) is 12.1 Å². The zero-order valence-electron chi connectivity index (χ0n) is 11.8. The number of hydrogen-bond donors (Lipinski definition) is 3. The van der Waals surface area contributed by atoms with Crippen molar-refractivity contribution in [2.75, 3.05) is 13.1 Å². The lowest BCUT2D eigenvalue weighted by Gasteiger charge is -2.19. The molecular weight excluding hydrogens is 322 g/mol. The molecule has 1 aromatic carbocycles. The number of benzene rings is 1. The maximum absolute atomic E-state index is 12.5. The van der Waals surface area contributed by atoms with Gasteiger partial charge >= 0.3 is 0 Å². The first-order valence-electron chi connectivity index (χ1n) is 6.47. The Labute approximate surface area is 134 Å². The number of aliphatic imine (C=N–C) groups is 1. The van der Waals surface area contributed by atoms with Gasteiger partial charge in [0.1, 0.15) is 0 Å². The van der Waals surface area contributed by atoms with Gasteiger partial charge in [-0.2, -0.15) is 0 Å². The highest BCUT2D eigenvalue weighted by Crippen LogP contribution is 2.21. The molecule has 1 aliphatic rings. The fraction of sp³-hybridized carbons (Fsp3) is 0.231. The molecule has 1 aromatic rings. The van der Waals surface area contributed by atoms with Crippen molar-refractivity contribution in [2.45, 2.75) is 10.9 Å². The third-order valence-corrected chi connectivity index (χ3v) is 5.13. The Morgan fingerprint density at radius 1 is 1.45 bits per heavy atom. The van der Waals surface area contributed by atoms with Gasteiger partial charge in [0.05, 0.1) is 24.0 Å². The summed E-state index contributed by atoms with van der Waals surface area (Å²) in [6, 6.07) is 6.08. The summed E-state index contributed by atoms with van der Waals surface area (Å²) in [6.07, 6.45) is 1.63. The lowest BCUT2D eigenvalue weighted by Crippen LogP contribution is -2.38. The zero-order valence-corrected chi connectivity index (χ0v) is 13.4. The van der Waals surface area contributed by atoms with Gasteiger partial charge in [0.15, 0.2) is 5.11 Å². The Morgan fingerprint density at radius 3 is 2.55 bits per heavy atom. The third-order valence-electron chi connectivity index (χ3n) is 3.19. The highest BCUT2D eigenvalue weighted by molar-refractivity contribution is 7.89. The molecule has 5 N–H and O–H groups in total. The molecule has 9 heteroatoms. The molecule has 7 nitrogen and oxygen atoms in total. The van der Waals surface area contributed by atoms with Crippen LogP contribution in [0.15, 0.2) is 46.8 Å². The molecule has 0 fully saturated rings. The van der Waals surface area contributed by atoms with Crippen molar-refractivity contribution in [3.8, 4) is 0 Å². The van der Waals surface area contributed by atoms with E-state index in [9.17, 15) is 8.42 Å². The van der Waals surface area contributed by atoms with Crippen LogP contribution in [0.4, 0.5) is 0 Å². The minimum Gasteiger partial charge on any atom is -0.376 e. The predicted octanol–water partition coefficient (Wildman–Crippen LogP) is 0.0659. The summed E-state index contributed by atoms with van der Waals surface area (Å²) >= 11 is 4.80. The molecule has 2 rings (SSSR count). The summed E-state index contributed by atoms with van der Waals surface area (Å²) in [6.45, 7) is 4.33. The molecule has 22 heavy (non-hydrogen) atoms. The van der Waals surface area contributed by atoms with E-state index in [1.54, 1.807) is 18.2 Å². The predicted molar refractivity (Wildman–Crippen MR) is 89.7 cm³/mol. The molecule has 0 bridgehead atoms. The Bertz CT molecular complexity index is 712. The van der Waals surface area contributed by atoms with Crippen LogP contribution < -0.4 is 16.8 Å². The average Bonchev–Trinajstić information content (AvgIpc) is 2.91. The van der Waals surface area contributed by atoms with Gasteiger partial charge in [-0.25, -0.2) is 12.7 Å². The van der Waals surface area contributed by atoms with Crippen molar-refractivity contribution in [1.82, 2.24) is 9.62 Å². The first kappa shape index (κ1) is 16.2. The van der Waals surface area contributed by atoms with Gasteiger partial charge in [0.25, 0.3) is 10.0 Å². The van der Waals surface area contributed by atoms with Crippen LogP contribution in [0.3, 0.4) is 0 Å². The molecule has 1 unspecified atom stereocenters. The number of nitrogens with one attached hydrogen (secondary N) is 1. The zero-order chi connectivity index (χ0) is 16.3. The normalized spacial score (nSPS) is 16.0. The lowest BCUT2D eigenvalue weighted by atomic mass is 10.1. The van der Waals surface area contributed by atoms with Crippen LogP contribution in [-0.2, 0) is 10.0 Å². The number of thiocarbonyl (C=S) groups is 1. The van der Waals surface area contributed by atoms with Crippen molar-refractivity contribution in [2.24, 2.45) is 16.5 Å². The largest absolute Gasteiger partial charge is 0.376 e. The molecule has 0 saturated carbocycles. The number of hydrogen-bond acceptors (Lipinski definition) is 5. The summed E-state index contributed by atoms with van der Waals surface area (Å²) in [4.78, 5) is 4.04. The van der Waals surface area contributed by atoms with Crippen molar-refractivity contribution in [3.05, 3.63) is 42.5 Å². The Balaban J connectivity index is 2.26. The molecule has 0 radical (unpaired) electrons. The van der Waals surface area contributed by atoms with E-state index in [0.717, 1.165) is 9.87 Å². The number of rotatable bonds is 5. The second-order valence-corrected chi connectivity index (χ2v) is 6.91. The third kappa shape index (κ3) is 3.20. The maximum atomic E-state index is 12.5. The van der Waals surface area contributed by atoms with Crippen molar-refractivity contribution < 1.29 is 8.42 Å². The smallest absolute Gasteiger partial charge is 0.266 e. The summed E-state index contributed by atoms with van der Waals surface area (Å²) in [5, 5.41) is 3.00. The summed E-state index contributed by atoms with van der Waals surface area (Å²) < 4.78 is 26.0. The fourth-order valence-electron chi connectivity index (χ4n) is 2.10. The molecule has 0 spiro atoms. The highest BCUT2D eigenvalue weighted by atomic mass is 32.2. The van der Waals surface area contributed by atoms with E-state index in [1.807, 2.05) is 0 Å². The van der Waals surface area contributed by atoms with Crippen LogP contribution in [0.1, 0.15) is 11.6 Å². The second kappa shape index (κ2) is 6.32. The van der Waals surface area contributed by atoms with Gasteiger partial charge in [-0.3, -0.25) is 4.99 Å². The monoisotopic (exact) mass is 339 g/mol. The maximum Gasteiger partial charge on any atom is 0.266 e. The molecule has 0 aliphatic carbocycles. The standard InChI is InChI=1S/C13H17N5O2S2/c1-2-11(17-13(15)21)9-3-5-10(6-4-9)22(19,20)18-8-7-16-12(18)14/h2-6,11H,1,7-8H2,(H2,14,16)(H3,15,17,21). The molecule has 1 aliphatic heterocycles. The van der Waals surface area contributed by atoms with Crippen LogP contribution in [0.25, 0.3) is 0 Å². The van der Waals surface area contributed by atoms with Crippen LogP contribution in [0.5, 0.6) is 0 Å². The Morgan fingerprint density at radius 2 is 2.09 bits per heavy atom. The van der Waals surface area contributed by atoms with E-state index >= 15 is 0 Å². The van der Waals surface area contributed by atoms with Gasteiger partial charge < -0.3 is 16.8 Å². The first-order valence-corrected chi connectivity index (χ1v) is 8.32. The van der Waals surface area contributed by atoms with Gasteiger partial charge in [0.2, 0.25) is 5.96 Å². The van der Waals surface area contributed by atoms with Crippen molar-refractivity contribution >= 4 is 33.3 Å². The first-order chi connectivity index (χ1) is 10.4. The van der Waals surface area contributed by atoms with E-state index < -0.39 is 10.0 Å². The van der Waals surface area contributed by atoms with E-state index in [-0.39, 0.29) is 28.6 Å². The van der Waals surface area contributed by atoms with Crippen molar-refractivity contribution in [3.63, 3.8) is 0 Å². The molecule has 118 valence electrons. The second-order valence-electron chi connectivity index (χ2n) is 4.61. The Kier molecular flexibility index (Phi) is 4.67. The molecule has 1 atom stereocenters. The fourth-order valence-corrected chi connectivity index (χ4v) is 3.59. The minimum absolute atomic E-state index is 0.0168. The molecule has 0 saturated heterocycles. The van der Waals surface area contributed by atoms with Crippen LogP contribution >= 0.6 is 12.2 Å². The summed E-state index contributed by atoms with van der Waals surface area (Å²) in [7, 11) is -3.68. The topological polar surface area (TPSA) is 114 Å². The molecular formula is C13H17N5O2S2. The van der Waals surface area contributed by atoms with E-state index in [2.05, 4.69) is 16.9 Å². The van der Waals surface area contributed by atoms with Gasteiger partial charge in [-0.1, -0.05) is 18.2 Å². The Hall–Kier alpha value is -2.13. The SMILES string of the molecule is C=CC(NC(N)=S)c1ccc(S(=O)(=O)N2CCN=C2N)cc1. The van der Waals surface area contributed by atoms with Gasteiger partial charge in [-0.15, -0.1) is 6.58 Å². The summed E-state index contributed by atoms with van der Waals surface area (Å²) in [5.74, 6) is 0.0168. The van der Waals surface area contributed by atoms with Gasteiger partial charge in [0, 0.05) is 0 Å². The van der Waals surface area contributed by atoms with E-state index in [4.69, 9.17) is 23.7 Å². The van der Waals surface area contributed by atoms with Crippen LogP contribution in [0, 0.1) is 0 Å². The van der Waals surface area contributed by atoms with E-state index in [0.29, 0.717) is 6.54 Å². The van der Waals surface area contributed by atoms with Gasteiger partial charge in [-0.05, 0) is 29.9 Å². The molecule has 0 aromatic heterocycles. The number of nitrogens with zero attached hydrogens (tertiary/aromatic N) is 2.